The number of aromatic nitrogens is 2. The molecule has 3 N–H and O–H groups in total. The summed E-state index contributed by atoms with van der Waals surface area (Å²) in [4.78, 5) is 6.76. The fourth-order valence-electron chi connectivity index (χ4n) is 1.60. The van der Waals surface area contributed by atoms with Crippen molar-refractivity contribution in [2.75, 3.05) is 0 Å². The monoisotopic (exact) mass is 281 g/mol. The first-order chi connectivity index (χ1) is 9.03. The van der Waals surface area contributed by atoms with Gasteiger partial charge < -0.3 is 10.1 Å². The van der Waals surface area contributed by atoms with E-state index in [9.17, 15) is 8.42 Å². The number of aromatic amines is 1. The maximum absolute atomic E-state index is 12.0. The Hall–Kier alpha value is -1.70. The van der Waals surface area contributed by atoms with E-state index >= 15 is 0 Å². The first kappa shape index (κ1) is 13.7. The summed E-state index contributed by atoms with van der Waals surface area (Å²) in [6.45, 7) is 1.85. The minimum absolute atomic E-state index is 0.109. The summed E-state index contributed by atoms with van der Waals surface area (Å²) < 4.78 is 26.5. The summed E-state index contributed by atoms with van der Waals surface area (Å²) in [5.74, 6) is 0. The maximum Gasteiger partial charge on any atom is 0.242 e. The van der Waals surface area contributed by atoms with Crippen LogP contribution in [0.25, 0.3) is 0 Å². The molecule has 6 nitrogen and oxygen atoms in total. The van der Waals surface area contributed by atoms with Gasteiger partial charge in [-0.15, -0.1) is 0 Å². The van der Waals surface area contributed by atoms with Crippen molar-refractivity contribution in [2.45, 2.75) is 25.0 Å². The van der Waals surface area contributed by atoms with Gasteiger partial charge in [0.1, 0.15) is 0 Å². The number of H-pyrrole nitrogens is 1. The lowest BCUT2D eigenvalue weighted by Crippen LogP contribution is -2.23. The van der Waals surface area contributed by atoms with E-state index < -0.39 is 10.0 Å². The lowest BCUT2D eigenvalue weighted by molar-refractivity contribution is 0.277. The van der Waals surface area contributed by atoms with Gasteiger partial charge in [0.05, 0.1) is 11.5 Å². The number of aliphatic hydroxyl groups excluding tert-OH is 1. The van der Waals surface area contributed by atoms with Crippen LogP contribution in [0.4, 0.5) is 0 Å². The first-order valence-electron chi connectivity index (χ1n) is 5.70. The summed E-state index contributed by atoms with van der Waals surface area (Å²) in [5.41, 5.74) is 2.25. The molecule has 0 aliphatic carbocycles. The quantitative estimate of drug-likeness (QED) is 0.751. The highest BCUT2D eigenvalue weighted by atomic mass is 32.2. The predicted octanol–water partition coefficient (Wildman–Crippen LogP) is 0.689. The van der Waals surface area contributed by atoms with Gasteiger partial charge in [-0.25, -0.2) is 13.1 Å². The van der Waals surface area contributed by atoms with Crippen LogP contribution >= 0.6 is 0 Å². The third kappa shape index (κ3) is 3.19. The molecule has 2 aromatic rings. The summed E-state index contributed by atoms with van der Waals surface area (Å²) in [6, 6.07) is 3.22. The minimum atomic E-state index is -3.58. The lowest BCUT2D eigenvalue weighted by atomic mass is 10.2. The predicted molar refractivity (Wildman–Crippen MR) is 69.7 cm³/mol. The molecule has 0 aliphatic rings. The normalized spacial score (nSPS) is 11.7. The van der Waals surface area contributed by atoms with Crippen molar-refractivity contribution in [1.82, 2.24) is 14.7 Å². The Balaban J connectivity index is 2.12. The molecule has 0 aromatic carbocycles. The largest absolute Gasteiger partial charge is 0.390 e. The number of aryl methyl sites for hydroxylation is 1. The van der Waals surface area contributed by atoms with Gasteiger partial charge in [-0.1, -0.05) is 0 Å². The summed E-state index contributed by atoms with van der Waals surface area (Å²) in [5, 5.41) is 8.91. The van der Waals surface area contributed by atoms with Crippen molar-refractivity contribution >= 4 is 10.0 Å². The SMILES string of the molecule is Cc1ccncc1CNS(=O)(=O)c1c[nH]c(CO)c1. The van der Waals surface area contributed by atoms with Crippen molar-refractivity contribution in [1.29, 1.82) is 0 Å². The molecule has 7 heteroatoms. The van der Waals surface area contributed by atoms with Crippen molar-refractivity contribution in [3.63, 3.8) is 0 Å². The molecule has 2 heterocycles. The van der Waals surface area contributed by atoms with Crippen LogP contribution in [0, 0.1) is 6.92 Å². The fourth-order valence-corrected chi connectivity index (χ4v) is 2.63. The molecule has 0 fully saturated rings. The molecule has 0 aliphatic heterocycles. The average molecular weight is 281 g/mol. The Morgan fingerprint density at radius 3 is 2.89 bits per heavy atom. The smallest absolute Gasteiger partial charge is 0.242 e. The fraction of sp³-hybridized carbons (Fsp3) is 0.250. The highest BCUT2D eigenvalue weighted by molar-refractivity contribution is 7.89. The van der Waals surface area contributed by atoms with Gasteiger partial charge in [0, 0.05) is 30.8 Å². The van der Waals surface area contributed by atoms with E-state index in [1.165, 1.54) is 12.3 Å². The van der Waals surface area contributed by atoms with Crippen molar-refractivity contribution in [2.24, 2.45) is 0 Å². The van der Waals surface area contributed by atoms with E-state index in [-0.39, 0.29) is 18.0 Å². The van der Waals surface area contributed by atoms with Crippen LogP contribution in [0.2, 0.25) is 0 Å². The van der Waals surface area contributed by atoms with Gasteiger partial charge in [0.2, 0.25) is 10.0 Å². The third-order valence-corrected chi connectivity index (χ3v) is 4.18. The van der Waals surface area contributed by atoms with Gasteiger partial charge in [0.25, 0.3) is 0 Å². The molecule has 102 valence electrons. The number of sulfonamides is 1. The number of nitrogens with zero attached hydrogens (tertiary/aromatic N) is 1. The molecular formula is C12H15N3O3S. The van der Waals surface area contributed by atoms with Crippen LogP contribution in [-0.4, -0.2) is 23.5 Å². The van der Waals surface area contributed by atoms with Crippen LogP contribution in [0.5, 0.6) is 0 Å². The zero-order valence-corrected chi connectivity index (χ0v) is 11.2. The van der Waals surface area contributed by atoms with Crippen LogP contribution in [0.15, 0.2) is 35.6 Å². The van der Waals surface area contributed by atoms with E-state index in [0.29, 0.717) is 5.69 Å². The molecule has 0 atom stereocenters. The zero-order valence-electron chi connectivity index (χ0n) is 10.4. The van der Waals surface area contributed by atoms with Crippen molar-refractivity contribution in [3.05, 3.63) is 47.5 Å². The number of hydrogen-bond acceptors (Lipinski definition) is 4. The molecule has 0 unspecified atom stereocenters. The molecule has 0 saturated heterocycles. The van der Waals surface area contributed by atoms with E-state index in [2.05, 4.69) is 14.7 Å². The number of aliphatic hydroxyl groups is 1. The molecule has 2 rings (SSSR count). The molecule has 2 aromatic heterocycles. The first-order valence-corrected chi connectivity index (χ1v) is 7.18. The Morgan fingerprint density at radius 1 is 1.47 bits per heavy atom. The van der Waals surface area contributed by atoms with E-state index in [1.54, 1.807) is 12.4 Å². The Labute approximate surface area is 111 Å². The third-order valence-electron chi connectivity index (χ3n) is 2.80. The lowest BCUT2D eigenvalue weighted by Gasteiger charge is -2.06. The van der Waals surface area contributed by atoms with Gasteiger partial charge in [-0.3, -0.25) is 4.98 Å². The number of hydrogen-bond donors (Lipinski definition) is 3. The number of pyridine rings is 1. The molecule has 0 spiro atoms. The molecule has 0 bridgehead atoms. The van der Waals surface area contributed by atoms with Gasteiger partial charge in [-0.2, -0.15) is 0 Å². The summed E-state index contributed by atoms with van der Waals surface area (Å²) >= 11 is 0. The minimum Gasteiger partial charge on any atom is -0.390 e. The standard InChI is InChI=1S/C12H15N3O3S/c1-9-2-3-13-5-10(9)6-15-19(17,18)12-4-11(8-16)14-7-12/h2-5,7,14-16H,6,8H2,1H3. The second kappa shape index (κ2) is 5.52. The second-order valence-corrected chi connectivity index (χ2v) is 5.91. The highest BCUT2D eigenvalue weighted by Crippen LogP contribution is 2.12. The van der Waals surface area contributed by atoms with E-state index in [0.717, 1.165) is 11.1 Å². The van der Waals surface area contributed by atoms with Crippen LogP contribution in [0.3, 0.4) is 0 Å². The Kier molecular flexibility index (Phi) is 3.98. The number of rotatable bonds is 5. The van der Waals surface area contributed by atoms with Crippen LogP contribution in [-0.2, 0) is 23.2 Å². The van der Waals surface area contributed by atoms with Gasteiger partial charge in [0.15, 0.2) is 0 Å². The Bertz CT molecular complexity index is 664. The Morgan fingerprint density at radius 2 is 2.26 bits per heavy atom. The van der Waals surface area contributed by atoms with Crippen molar-refractivity contribution in [3.8, 4) is 0 Å². The second-order valence-electron chi connectivity index (χ2n) is 4.15. The van der Waals surface area contributed by atoms with Gasteiger partial charge >= 0.3 is 0 Å². The van der Waals surface area contributed by atoms with Crippen LogP contribution < -0.4 is 4.72 Å². The van der Waals surface area contributed by atoms with E-state index in [1.807, 2.05) is 13.0 Å². The molecule has 19 heavy (non-hydrogen) atoms. The topological polar surface area (TPSA) is 95.1 Å². The van der Waals surface area contributed by atoms with Crippen LogP contribution in [0.1, 0.15) is 16.8 Å². The summed E-state index contributed by atoms with van der Waals surface area (Å²) in [7, 11) is -3.58. The molecule has 0 radical (unpaired) electrons. The maximum atomic E-state index is 12.0. The molecule has 0 saturated carbocycles. The molecular weight excluding hydrogens is 266 g/mol. The van der Waals surface area contributed by atoms with E-state index in [4.69, 9.17) is 5.11 Å². The zero-order chi connectivity index (χ0) is 13.9. The average Bonchev–Trinajstić information content (AvgIpc) is 2.87. The molecule has 0 amide bonds. The number of nitrogens with one attached hydrogen (secondary N) is 2. The summed E-state index contributed by atoms with van der Waals surface area (Å²) in [6.07, 6.45) is 4.64. The van der Waals surface area contributed by atoms with Gasteiger partial charge in [-0.05, 0) is 30.2 Å². The van der Waals surface area contributed by atoms with Crippen molar-refractivity contribution < 1.29 is 13.5 Å². The highest BCUT2D eigenvalue weighted by Gasteiger charge is 2.15.